The van der Waals surface area contributed by atoms with E-state index in [4.69, 9.17) is 0 Å². The zero-order valence-corrected chi connectivity index (χ0v) is 18.2. The molecule has 0 unspecified atom stereocenters. The molecule has 0 saturated carbocycles. The third-order valence-electron chi connectivity index (χ3n) is 4.86. The molecule has 2 N–H and O–H groups in total. The molecule has 1 saturated heterocycles. The summed E-state index contributed by atoms with van der Waals surface area (Å²) in [6.45, 7) is 8.00. The summed E-state index contributed by atoms with van der Waals surface area (Å²) in [7, 11) is -3.00. The topological polar surface area (TPSA) is 73.8 Å². The van der Waals surface area contributed by atoms with Gasteiger partial charge in [-0.2, -0.15) is 0 Å². The van der Waals surface area contributed by atoms with Gasteiger partial charge in [-0.05, 0) is 56.9 Å². The fourth-order valence-corrected chi connectivity index (χ4v) is 4.22. The lowest BCUT2D eigenvalue weighted by atomic mass is 10.1. The quantitative estimate of drug-likeness (QED) is 0.373. The summed E-state index contributed by atoms with van der Waals surface area (Å²) >= 11 is 0. The van der Waals surface area contributed by atoms with Gasteiger partial charge in [0.2, 0.25) is 0 Å². The van der Waals surface area contributed by atoms with E-state index in [1.165, 1.54) is 45.0 Å². The van der Waals surface area contributed by atoms with E-state index in [1.807, 2.05) is 24.3 Å². The van der Waals surface area contributed by atoms with Gasteiger partial charge in [0.1, 0.15) is 0 Å². The Morgan fingerprint density at radius 1 is 1.04 bits per heavy atom. The molecule has 0 atom stereocenters. The van der Waals surface area contributed by atoms with Gasteiger partial charge in [0.15, 0.2) is 15.8 Å². The highest BCUT2D eigenvalue weighted by Gasteiger charge is 2.08. The fraction of sp³-hybridized carbons (Fsp3) is 0.667. The maximum atomic E-state index is 11.4. The maximum absolute atomic E-state index is 11.4. The molecule has 2 rings (SSSR count). The third kappa shape index (κ3) is 9.55. The van der Waals surface area contributed by atoms with E-state index in [9.17, 15) is 8.42 Å². The molecule has 0 bridgehead atoms. The Labute approximate surface area is 170 Å². The van der Waals surface area contributed by atoms with Crippen molar-refractivity contribution in [2.45, 2.75) is 51.3 Å². The first-order valence-corrected chi connectivity index (χ1v) is 12.5. The van der Waals surface area contributed by atoms with Crippen LogP contribution < -0.4 is 10.6 Å². The van der Waals surface area contributed by atoms with Crippen LogP contribution in [0.25, 0.3) is 0 Å². The number of sulfone groups is 1. The summed E-state index contributed by atoms with van der Waals surface area (Å²) in [5, 5.41) is 6.71. The van der Waals surface area contributed by atoms with Crippen molar-refractivity contribution in [3.8, 4) is 0 Å². The van der Waals surface area contributed by atoms with Gasteiger partial charge in [0.25, 0.3) is 0 Å². The van der Waals surface area contributed by atoms with Crippen molar-refractivity contribution in [3.63, 3.8) is 0 Å². The third-order valence-corrected chi connectivity index (χ3v) is 5.72. The number of aliphatic imine (C=N–C) groups is 1. The number of nitrogens with zero attached hydrogens (tertiary/aromatic N) is 2. The van der Waals surface area contributed by atoms with Crippen molar-refractivity contribution in [3.05, 3.63) is 35.4 Å². The Bertz CT molecular complexity index is 694. The van der Waals surface area contributed by atoms with Crippen LogP contribution in [-0.2, 0) is 22.1 Å². The Balaban J connectivity index is 1.77. The molecule has 1 aliphatic heterocycles. The van der Waals surface area contributed by atoms with Crippen molar-refractivity contribution in [1.82, 2.24) is 15.5 Å². The molecule has 1 aromatic carbocycles. The molecule has 0 spiro atoms. The lowest BCUT2D eigenvalue weighted by Gasteiger charge is -2.20. The summed E-state index contributed by atoms with van der Waals surface area (Å²) in [5.74, 6) is 0.913. The SMILES string of the molecule is CCNC(=NCc1ccc(CS(C)(=O)=O)cc1)NCCCN1CCCCCC1. The predicted molar refractivity (Wildman–Crippen MR) is 117 cm³/mol. The van der Waals surface area contributed by atoms with Gasteiger partial charge in [-0.15, -0.1) is 0 Å². The van der Waals surface area contributed by atoms with Crippen molar-refractivity contribution >= 4 is 15.8 Å². The van der Waals surface area contributed by atoms with Crippen LogP contribution in [0.2, 0.25) is 0 Å². The molecule has 1 aromatic rings. The molecule has 158 valence electrons. The highest BCUT2D eigenvalue weighted by Crippen LogP contribution is 2.10. The predicted octanol–water partition coefficient (Wildman–Crippen LogP) is 2.55. The van der Waals surface area contributed by atoms with E-state index in [0.717, 1.165) is 43.1 Å². The molecule has 7 heteroatoms. The van der Waals surface area contributed by atoms with Crippen LogP contribution in [0.4, 0.5) is 0 Å². The second kappa shape index (κ2) is 12.1. The second-order valence-electron chi connectivity index (χ2n) is 7.62. The van der Waals surface area contributed by atoms with Crippen LogP contribution in [0.5, 0.6) is 0 Å². The summed E-state index contributed by atoms with van der Waals surface area (Å²) < 4.78 is 22.7. The van der Waals surface area contributed by atoms with E-state index >= 15 is 0 Å². The summed E-state index contributed by atoms with van der Waals surface area (Å²) in [6, 6.07) is 7.64. The number of hydrogen-bond donors (Lipinski definition) is 2. The first kappa shape index (κ1) is 22.7. The van der Waals surface area contributed by atoms with Crippen LogP contribution in [-0.4, -0.2) is 58.3 Å². The van der Waals surface area contributed by atoms with Gasteiger partial charge < -0.3 is 15.5 Å². The van der Waals surface area contributed by atoms with E-state index in [1.54, 1.807) is 0 Å². The average molecular weight is 409 g/mol. The number of guanidine groups is 1. The zero-order valence-electron chi connectivity index (χ0n) is 17.4. The van der Waals surface area contributed by atoms with Crippen molar-refractivity contribution in [1.29, 1.82) is 0 Å². The van der Waals surface area contributed by atoms with Gasteiger partial charge in [-0.1, -0.05) is 37.1 Å². The monoisotopic (exact) mass is 408 g/mol. The molecule has 1 heterocycles. The average Bonchev–Trinajstić information content (AvgIpc) is 2.92. The largest absolute Gasteiger partial charge is 0.357 e. The zero-order chi connectivity index (χ0) is 20.2. The number of hydrogen-bond acceptors (Lipinski definition) is 4. The normalized spacial score (nSPS) is 16.6. The molecular weight excluding hydrogens is 372 g/mol. The van der Waals surface area contributed by atoms with Crippen LogP contribution in [0.15, 0.2) is 29.3 Å². The minimum Gasteiger partial charge on any atom is -0.357 e. The smallest absolute Gasteiger partial charge is 0.191 e. The summed E-state index contributed by atoms with van der Waals surface area (Å²) in [5.41, 5.74) is 1.88. The molecule has 1 aliphatic rings. The Hall–Kier alpha value is -1.60. The Morgan fingerprint density at radius 2 is 1.68 bits per heavy atom. The highest BCUT2D eigenvalue weighted by molar-refractivity contribution is 7.89. The van der Waals surface area contributed by atoms with Gasteiger partial charge in [-0.25, -0.2) is 13.4 Å². The van der Waals surface area contributed by atoms with E-state index < -0.39 is 9.84 Å². The first-order valence-electron chi connectivity index (χ1n) is 10.5. The van der Waals surface area contributed by atoms with Crippen molar-refractivity contribution in [2.75, 3.05) is 39.0 Å². The van der Waals surface area contributed by atoms with Crippen molar-refractivity contribution < 1.29 is 8.42 Å². The molecule has 0 aliphatic carbocycles. The molecular formula is C21H36N4O2S. The van der Waals surface area contributed by atoms with Gasteiger partial charge >= 0.3 is 0 Å². The fourth-order valence-electron chi connectivity index (χ4n) is 3.42. The minimum atomic E-state index is -3.00. The summed E-state index contributed by atoms with van der Waals surface area (Å²) in [6.07, 6.45) is 7.79. The molecule has 0 radical (unpaired) electrons. The summed E-state index contributed by atoms with van der Waals surface area (Å²) in [4.78, 5) is 7.23. The standard InChI is InChI=1S/C21H36N4O2S/c1-3-22-21(23-13-8-16-25-14-6-4-5-7-15-25)24-17-19-9-11-20(12-10-19)18-28(2,26)27/h9-12H,3-8,13-18H2,1-2H3,(H2,22,23,24). The molecule has 6 nitrogen and oxygen atoms in total. The van der Waals surface area contributed by atoms with E-state index in [2.05, 4.69) is 27.4 Å². The number of likely N-dealkylation sites (tertiary alicyclic amines) is 1. The maximum Gasteiger partial charge on any atom is 0.191 e. The number of nitrogens with one attached hydrogen (secondary N) is 2. The van der Waals surface area contributed by atoms with Crippen LogP contribution in [0.1, 0.15) is 50.2 Å². The van der Waals surface area contributed by atoms with Gasteiger partial charge in [-0.3, -0.25) is 0 Å². The van der Waals surface area contributed by atoms with Crippen LogP contribution in [0, 0.1) is 0 Å². The number of benzene rings is 1. The Kier molecular flexibility index (Phi) is 9.78. The van der Waals surface area contributed by atoms with Gasteiger partial charge in [0, 0.05) is 19.3 Å². The first-order chi connectivity index (χ1) is 13.5. The molecule has 28 heavy (non-hydrogen) atoms. The van der Waals surface area contributed by atoms with Crippen LogP contribution >= 0.6 is 0 Å². The second-order valence-corrected chi connectivity index (χ2v) is 9.76. The minimum absolute atomic E-state index is 0.0811. The van der Waals surface area contributed by atoms with E-state index in [-0.39, 0.29) is 5.75 Å². The lowest BCUT2D eigenvalue weighted by Crippen LogP contribution is -2.39. The van der Waals surface area contributed by atoms with E-state index in [0.29, 0.717) is 6.54 Å². The number of rotatable bonds is 9. The molecule has 1 fully saturated rings. The molecule has 0 amide bonds. The molecule has 0 aromatic heterocycles. The van der Waals surface area contributed by atoms with Crippen LogP contribution in [0.3, 0.4) is 0 Å². The lowest BCUT2D eigenvalue weighted by molar-refractivity contribution is 0.282. The Morgan fingerprint density at radius 3 is 2.29 bits per heavy atom. The highest BCUT2D eigenvalue weighted by atomic mass is 32.2. The van der Waals surface area contributed by atoms with Crippen molar-refractivity contribution in [2.24, 2.45) is 4.99 Å². The van der Waals surface area contributed by atoms with Gasteiger partial charge in [0.05, 0.1) is 12.3 Å².